The van der Waals surface area contributed by atoms with Crippen LogP contribution in [0.25, 0.3) is 0 Å². The van der Waals surface area contributed by atoms with Gasteiger partial charge in [0.2, 0.25) is 0 Å². The lowest BCUT2D eigenvalue weighted by atomic mass is 9.84. The predicted molar refractivity (Wildman–Crippen MR) is 49.2 cm³/mol. The second-order valence-electron chi connectivity index (χ2n) is 4.58. The molecule has 2 unspecified atom stereocenters. The molecule has 0 saturated heterocycles. The highest BCUT2D eigenvalue weighted by Crippen LogP contribution is 2.46. The molecule has 1 aliphatic rings. The molecule has 0 aliphatic heterocycles. The molecule has 1 rings (SSSR count). The number of rotatable bonds is 2. The molecule has 0 N–H and O–H groups in total. The molecular formula is C8H14N2O4. The normalized spacial score (nSPS) is 42.4. The summed E-state index contributed by atoms with van der Waals surface area (Å²) < 4.78 is 0. The molecule has 6 heteroatoms. The summed E-state index contributed by atoms with van der Waals surface area (Å²) in [4.78, 5) is 20.8. The summed E-state index contributed by atoms with van der Waals surface area (Å²) in [5.41, 5.74) is -2.87. The van der Waals surface area contributed by atoms with Crippen molar-refractivity contribution in [3.8, 4) is 0 Å². The zero-order valence-electron chi connectivity index (χ0n) is 8.52. The van der Waals surface area contributed by atoms with E-state index in [9.17, 15) is 20.2 Å². The first-order valence-electron chi connectivity index (χ1n) is 4.53. The summed E-state index contributed by atoms with van der Waals surface area (Å²) in [5, 5.41) is 21.8. The van der Waals surface area contributed by atoms with E-state index in [2.05, 4.69) is 0 Å². The molecule has 1 aliphatic carbocycles. The van der Waals surface area contributed by atoms with Gasteiger partial charge in [0.15, 0.2) is 0 Å². The first-order valence-corrected chi connectivity index (χ1v) is 4.53. The van der Waals surface area contributed by atoms with E-state index >= 15 is 0 Å². The fraction of sp³-hybridized carbons (Fsp3) is 1.00. The first-order chi connectivity index (χ1) is 6.24. The van der Waals surface area contributed by atoms with Crippen molar-refractivity contribution in [1.82, 2.24) is 0 Å². The second kappa shape index (κ2) is 2.90. The van der Waals surface area contributed by atoms with Gasteiger partial charge >= 0.3 is 0 Å². The molecular weight excluding hydrogens is 188 g/mol. The van der Waals surface area contributed by atoms with Gasteiger partial charge < -0.3 is 0 Å². The van der Waals surface area contributed by atoms with Crippen LogP contribution >= 0.6 is 0 Å². The van der Waals surface area contributed by atoms with Crippen molar-refractivity contribution in [3.05, 3.63) is 20.2 Å². The molecule has 2 atom stereocenters. The highest BCUT2D eigenvalue weighted by molar-refractivity contribution is 5.02. The van der Waals surface area contributed by atoms with E-state index in [-0.39, 0.29) is 18.8 Å². The van der Waals surface area contributed by atoms with Crippen molar-refractivity contribution in [3.63, 3.8) is 0 Å². The zero-order chi connectivity index (χ0) is 11.1. The standard InChI is InChI=1S/C8H14N2O4/c1-6-4-7(2,9(11)12)8(3,5-6)10(13)14/h6H,4-5H2,1-3H3. The Hall–Kier alpha value is -1.20. The molecule has 0 amide bonds. The molecule has 1 saturated carbocycles. The van der Waals surface area contributed by atoms with E-state index in [1.54, 1.807) is 0 Å². The van der Waals surface area contributed by atoms with Crippen molar-refractivity contribution in [2.75, 3.05) is 0 Å². The molecule has 80 valence electrons. The fourth-order valence-corrected chi connectivity index (χ4v) is 2.41. The largest absolute Gasteiger partial charge is 0.287 e. The van der Waals surface area contributed by atoms with Gasteiger partial charge in [0.25, 0.3) is 11.1 Å². The van der Waals surface area contributed by atoms with Gasteiger partial charge in [0.05, 0.1) is 0 Å². The SMILES string of the molecule is CC1CC(C)([N+](=O)[O-])C(C)([N+](=O)[O-])C1. The van der Waals surface area contributed by atoms with Crippen LogP contribution in [-0.2, 0) is 0 Å². The van der Waals surface area contributed by atoms with Gasteiger partial charge in [-0.15, -0.1) is 0 Å². The topological polar surface area (TPSA) is 86.3 Å². The lowest BCUT2D eigenvalue weighted by Crippen LogP contribution is -2.55. The van der Waals surface area contributed by atoms with Crippen molar-refractivity contribution < 1.29 is 9.85 Å². The van der Waals surface area contributed by atoms with E-state index in [1.165, 1.54) is 13.8 Å². The minimum atomic E-state index is -1.43. The average molecular weight is 202 g/mol. The summed E-state index contributed by atoms with van der Waals surface area (Å²) in [6, 6.07) is 0. The van der Waals surface area contributed by atoms with Crippen LogP contribution in [0.3, 0.4) is 0 Å². The average Bonchev–Trinajstić information content (AvgIpc) is 2.24. The summed E-state index contributed by atoms with van der Waals surface area (Å²) in [6.07, 6.45) is 0.551. The van der Waals surface area contributed by atoms with Crippen LogP contribution < -0.4 is 0 Å². The summed E-state index contributed by atoms with van der Waals surface area (Å²) in [7, 11) is 0. The van der Waals surface area contributed by atoms with Crippen LogP contribution in [0.2, 0.25) is 0 Å². The molecule has 0 bridgehead atoms. The van der Waals surface area contributed by atoms with Gasteiger partial charge in [-0.05, 0) is 5.92 Å². The van der Waals surface area contributed by atoms with Gasteiger partial charge in [0, 0.05) is 36.5 Å². The zero-order valence-corrected chi connectivity index (χ0v) is 8.52. The van der Waals surface area contributed by atoms with Crippen LogP contribution in [0.1, 0.15) is 33.6 Å². The third-order valence-corrected chi connectivity index (χ3v) is 3.46. The van der Waals surface area contributed by atoms with Crippen molar-refractivity contribution >= 4 is 0 Å². The number of hydrogen-bond acceptors (Lipinski definition) is 4. The van der Waals surface area contributed by atoms with Crippen molar-refractivity contribution in [1.29, 1.82) is 0 Å². The van der Waals surface area contributed by atoms with Gasteiger partial charge in [-0.2, -0.15) is 0 Å². The van der Waals surface area contributed by atoms with Crippen LogP contribution in [0.15, 0.2) is 0 Å². The Morgan fingerprint density at radius 1 is 1.07 bits per heavy atom. The minimum absolute atomic E-state index is 0.0285. The van der Waals surface area contributed by atoms with Crippen LogP contribution in [0.5, 0.6) is 0 Å². The molecule has 0 aromatic rings. The Morgan fingerprint density at radius 3 is 1.57 bits per heavy atom. The quantitative estimate of drug-likeness (QED) is 0.501. The summed E-state index contributed by atoms with van der Waals surface area (Å²) in [6.45, 7) is 4.56. The Balaban J connectivity index is 3.17. The van der Waals surface area contributed by atoms with Gasteiger partial charge in [0.1, 0.15) is 0 Å². The lowest BCUT2D eigenvalue weighted by molar-refractivity contribution is -0.673. The van der Waals surface area contributed by atoms with Crippen LogP contribution in [0, 0.1) is 26.1 Å². The van der Waals surface area contributed by atoms with Crippen LogP contribution in [0.4, 0.5) is 0 Å². The Kier molecular flexibility index (Phi) is 2.25. The minimum Gasteiger partial charge on any atom is -0.264 e. The van der Waals surface area contributed by atoms with Crippen molar-refractivity contribution in [2.24, 2.45) is 5.92 Å². The lowest BCUT2D eigenvalue weighted by Gasteiger charge is -2.25. The fourth-order valence-electron chi connectivity index (χ4n) is 2.41. The van der Waals surface area contributed by atoms with E-state index in [4.69, 9.17) is 0 Å². The number of nitrogens with zero attached hydrogens (tertiary/aromatic N) is 2. The number of hydrogen-bond donors (Lipinski definition) is 0. The highest BCUT2D eigenvalue weighted by atomic mass is 16.6. The maximum Gasteiger partial charge on any atom is 0.287 e. The molecule has 0 heterocycles. The molecule has 0 spiro atoms. The number of nitro groups is 2. The Morgan fingerprint density at radius 2 is 1.36 bits per heavy atom. The Bertz CT molecular complexity index is 265. The van der Waals surface area contributed by atoms with Gasteiger partial charge in [-0.1, -0.05) is 6.92 Å². The predicted octanol–water partition coefficient (Wildman–Crippen LogP) is 1.49. The summed E-state index contributed by atoms with van der Waals surface area (Å²) in [5.74, 6) is 0.0285. The molecule has 1 fully saturated rings. The highest BCUT2D eigenvalue weighted by Gasteiger charge is 2.69. The van der Waals surface area contributed by atoms with Crippen molar-refractivity contribution in [2.45, 2.75) is 44.7 Å². The first kappa shape index (κ1) is 10.9. The smallest absolute Gasteiger partial charge is 0.264 e. The van der Waals surface area contributed by atoms with E-state index < -0.39 is 20.9 Å². The molecule has 0 radical (unpaired) electrons. The third kappa shape index (κ3) is 1.17. The molecule has 6 nitrogen and oxygen atoms in total. The molecule has 0 aromatic heterocycles. The summed E-state index contributed by atoms with van der Waals surface area (Å²) >= 11 is 0. The van der Waals surface area contributed by atoms with Gasteiger partial charge in [-0.25, -0.2) is 0 Å². The van der Waals surface area contributed by atoms with E-state index in [0.29, 0.717) is 0 Å². The van der Waals surface area contributed by atoms with E-state index in [1.807, 2.05) is 6.92 Å². The maximum absolute atomic E-state index is 10.9. The molecule has 0 aromatic carbocycles. The third-order valence-electron chi connectivity index (χ3n) is 3.46. The van der Waals surface area contributed by atoms with Gasteiger partial charge in [-0.3, -0.25) is 20.2 Å². The Labute approximate surface area is 81.6 Å². The van der Waals surface area contributed by atoms with Crippen LogP contribution in [-0.4, -0.2) is 20.9 Å². The van der Waals surface area contributed by atoms with E-state index in [0.717, 1.165) is 0 Å². The monoisotopic (exact) mass is 202 g/mol. The second-order valence-corrected chi connectivity index (χ2v) is 4.58. The maximum atomic E-state index is 10.9. The molecule has 14 heavy (non-hydrogen) atoms.